The maximum Gasteiger partial charge on any atom is 0.252 e. The fourth-order valence-corrected chi connectivity index (χ4v) is 2.49. The van der Waals surface area contributed by atoms with Crippen LogP contribution in [0.3, 0.4) is 0 Å². The number of nitrogens with one attached hydrogen (secondary N) is 1. The Kier molecular flexibility index (Phi) is 4.57. The Morgan fingerprint density at radius 1 is 1.55 bits per heavy atom. The summed E-state index contributed by atoms with van der Waals surface area (Å²) in [6.07, 6.45) is 2.54. The number of aromatic nitrogens is 2. The molecule has 0 fully saturated rings. The monoisotopic (exact) mass is 337 g/mol. The highest BCUT2D eigenvalue weighted by atomic mass is 79.9. The van der Waals surface area contributed by atoms with E-state index in [1.54, 1.807) is 30.2 Å². The molecule has 106 valence electrons. The number of hydrogen-bond acceptors (Lipinski definition) is 3. The van der Waals surface area contributed by atoms with E-state index in [0.717, 1.165) is 10.0 Å². The number of rotatable bonds is 4. The summed E-state index contributed by atoms with van der Waals surface area (Å²) in [5, 5.41) is 16.7. The van der Waals surface area contributed by atoms with Crippen LogP contribution >= 0.6 is 15.9 Å². The van der Waals surface area contributed by atoms with Crippen molar-refractivity contribution in [1.82, 2.24) is 15.1 Å². The first-order valence-electron chi connectivity index (χ1n) is 6.18. The van der Waals surface area contributed by atoms with Crippen molar-refractivity contribution in [3.63, 3.8) is 0 Å². The van der Waals surface area contributed by atoms with Gasteiger partial charge in [0.05, 0.1) is 17.9 Å². The molecule has 1 amide bonds. The molecule has 0 saturated heterocycles. The van der Waals surface area contributed by atoms with Crippen molar-refractivity contribution in [2.24, 2.45) is 7.05 Å². The molecule has 2 aromatic rings. The van der Waals surface area contributed by atoms with Crippen molar-refractivity contribution in [2.75, 3.05) is 6.54 Å². The molecule has 0 saturated carbocycles. The van der Waals surface area contributed by atoms with Gasteiger partial charge in [-0.3, -0.25) is 9.48 Å². The van der Waals surface area contributed by atoms with Crippen LogP contribution in [0.25, 0.3) is 0 Å². The smallest absolute Gasteiger partial charge is 0.252 e. The second-order valence-electron chi connectivity index (χ2n) is 4.66. The number of carbonyl (C=O) groups excluding carboxylic acids is 1. The lowest BCUT2D eigenvalue weighted by molar-refractivity contribution is 0.0915. The van der Waals surface area contributed by atoms with Crippen LogP contribution in [0.1, 0.15) is 27.6 Å². The van der Waals surface area contributed by atoms with Crippen molar-refractivity contribution in [3.05, 3.63) is 51.8 Å². The number of aryl methyl sites for hydroxylation is 2. The summed E-state index contributed by atoms with van der Waals surface area (Å²) in [4.78, 5) is 12.0. The van der Waals surface area contributed by atoms with E-state index in [0.29, 0.717) is 11.1 Å². The predicted octanol–water partition coefficient (Wildman–Crippen LogP) is 1.95. The Balaban J connectivity index is 1.98. The Labute approximate surface area is 125 Å². The number of aliphatic hydroxyl groups excluding tert-OH is 1. The third-order valence-corrected chi connectivity index (χ3v) is 3.59. The number of halogens is 1. The molecule has 0 aliphatic rings. The van der Waals surface area contributed by atoms with E-state index in [4.69, 9.17) is 0 Å². The first-order chi connectivity index (χ1) is 9.47. The quantitative estimate of drug-likeness (QED) is 0.896. The van der Waals surface area contributed by atoms with E-state index >= 15 is 0 Å². The van der Waals surface area contributed by atoms with Gasteiger partial charge in [0.2, 0.25) is 0 Å². The van der Waals surface area contributed by atoms with Crippen LogP contribution in [0.4, 0.5) is 0 Å². The van der Waals surface area contributed by atoms with E-state index in [1.807, 2.05) is 19.1 Å². The van der Waals surface area contributed by atoms with E-state index in [1.165, 1.54) is 0 Å². The highest BCUT2D eigenvalue weighted by Crippen LogP contribution is 2.18. The van der Waals surface area contributed by atoms with E-state index < -0.39 is 6.10 Å². The zero-order chi connectivity index (χ0) is 14.7. The lowest BCUT2D eigenvalue weighted by atomic mass is 10.1. The molecule has 0 aliphatic heterocycles. The summed E-state index contributed by atoms with van der Waals surface area (Å²) in [5.41, 5.74) is 2.30. The zero-order valence-corrected chi connectivity index (χ0v) is 12.9. The lowest BCUT2D eigenvalue weighted by Gasteiger charge is -2.11. The molecule has 6 heteroatoms. The molecule has 0 aliphatic carbocycles. The number of carbonyl (C=O) groups is 1. The van der Waals surface area contributed by atoms with Gasteiger partial charge in [0.25, 0.3) is 5.91 Å². The highest BCUT2D eigenvalue weighted by molar-refractivity contribution is 9.10. The summed E-state index contributed by atoms with van der Waals surface area (Å²) in [6, 6.07) is 5.51. The lowest BCUT2D eigenvalue weighted by Crippen LogP contribution is -2.28. The molecular weight excluding hydrogens is 322 g/mol. The van der Waals surface area contributed by atoms with Crippen molar-refractivity contribution in [1.29, 1.82) is 0 Å². The van der Waals surface area contributed by atoms with Gasteiger partial charge < -0.3 is 10.4 Å². The molecule has 0 spiro atoms. The Bertz CT molecular complexity index is 625. The molecule has 5 nitrogen and oxygen atoms in total. The number of benzene rings is 1. The summed E-state index contributed by atoms with van der Waals surface area (Å²) < 4.78 is 2.35. The van der Waals surface area contributed by atoms with Crippen LogP contribution in [0.5, 0.6) is 0 Å². The third kappa shape index (κ3) is 3.46. The van der Waals surface area contributed by atoms with Crippen LogP contribution in [-0.4, -0.2) is 27.3 Å². The fraction of sp³-hybridized carbons (Fsp3) is 0.286. The second-order valence-corrected chi connectivity index (χ2v) is 5.51. The molecule has 1 heterocycles. The van der Waals surface area contributed by atoms with Gasteiger partial charge in [-0.05, 0) is 40.5 Å². The largest absolute Gasteiger partial charge is 0.386 e. The molecule has 2 rings (SSSR count). The number of aliphatic hydroxyl groups is 1. The van der Waals surface area contributed by atoms with Gasteiger partial charge in [0.15, 0.2) is 0 Å². The minimum atomic E-state index is -0.767. The van der Waals surface area contributed by atoms with E-state index in [9.17, 15) is 9.90 Å². The van der Waals surface area contributed by atoms with Crippen LogP contribution in [0, 0.1) is 6.92 Å². The maximum atomic E-state index is 12.0. The van der Waals surface area contributed by atoms with Crippen molar-refractivity contribution >= 4 is 21.8 Å². The molecule has 0 radical (unpaired) electrons. The van der Waals surface area contributed by atoms with Crippen LogP contribution in [0.2, 0.25) is 0 Å². The number of nitrogens with zero attached hydrogens (tertiary/aromatic N) is 2. The fourth-order valence-electron chi connectivity index (χ4n) is 1.82. The van der Waals surface area contributed by atoms with Gasteiger partial charge in [0, 0.05) is 29.8 Å². The Morgan fingerprint density at radius 3 is 2.90 bits per heavy atom. The van der Waals surface area contributed by atoms with Gasteiger partial charge >= 0.3 is 0 Å². The van der Waals surface area contributed by atoms with Crippen LogP contribution in [-0.2, 0) is 7.05 Å². The van der Waals surface area contributed by atoms with Crippen LogP contribution < -0.4 is 5.32 Å². The predicted molar refractivity (Wildman–Crippen MR) is 79.4 cm³/mol. The second kappa shape index (κ2) is 6.19. The van der Waals surface area contributed by atoms with Crippen molar-refractivity contribution in [2.45, 2.75) is 13.0 Å². The van der Waals surface area contributed by atoms with Crippen molar-refractivity contribution in [3.8, 4) is 0 Å². The molecule has 0 bridgehead atoms. The summed E-state index contributed by atoms with van der Waals surface area (Å²) in [5.74, 6) is -0.222. The number of amides is 1. The van der Waals surface area contributed by atoms with Gasteiger partial charge in [-0.25, -0.2) is 0 Å². The Morgan fingerprint density at radius 2 is 2.30 bits per heavy atom. The standard InChI is InChI=1S/C14H16BrN3O2/c1-9-3-4-11(12(15)5-9)14(20)16-7-13(19)10-6-17-18(2)8-10/h3-6,8,13,19H,7H2,1-2H3,(H,16,20)/t13-/m0/s1. The first-order valence-corrected chi connectivity index (χ1v) is 6.97. The third-order valence-electron chi connectivity index (χ3n) is 2.93. The summed E-state index contributed by atoms with van der Waals surface area (Å²) >= 11 is 3.37. The van der Waals surface area contributed by atoms with Crippen LogP contribution in [0.15, 0.2) is 35.1 Å². The highest BCUT2D eigenvalue weighted by Gasteiger charge is 2.14. The normalized spacial score (nSPS) is 12.2. The molecule has 2 N–H and O–H groups in total. The maximum absolute atomic E-state index is 12.0. The first kappa shape index (κ1) is 14.7. The minimum absolute atomic E-state index is 0.144. The van der Waals surface area contributed by atoms with Gasteiger partial charge in [0.1, 0.15) is 0 Å². The molecule has 1 aromatic carbocycles. The summed E-state index contributed by atoms with van der Waals surface area (Å²) in [7, 11) is 1.78. The van der Waals surface area contributed by atoms with Gasteiger partial charge in [-0.15, -0.1) is 0 Å². The van der Waals surface area contributed by atoms with Gasteiger partial charge in [-0.1, -0.05) is 6.07 Å². The van der Waals surface area contributed by atoms with E-state index in [-0.39, 0.29) is 12.5 Å². The van der Waals surface area contributed by atoms with Crippen molar-refractivity contribution < 1.29 is 9.90 Å². The zero-order valence-electron chi connectivity index (χ0n) is 11.3. The average molecular weight is 338 g/mol. The molecule has 0 unspecified atom stereocenters. The summed E-state index contributed by atoms with van der Waals surface area (Å²) in [6.45, 7) is 2.10. The van der Waals surface area contributed by atoms with E-state index in [2.05, 4.69) is 26.3 Å². The molecular formula is C14H16BrN3O2. The topological polar surface area (TPSA) is 67.2 Å². The minimum Gasteiger partial charge on any atom is -0.386 e. The number of hydrogen-bond donors (Lipinski definition) is 2. The average Bonchev–Trinajstić information content (AvgIpc) is 2.82. The van der Waals surface area contributed by atoms with Gasteiger partial charge in [-0.2, -0.15) is 5.10 Å². The molecule has 20 heavy (non-hydrogen) atoms. The molecule has 1 aromatic heterocycles. The SMILES string of the molecule is Cc1ccc(C(=O)NC[C@H](O)c2cnn(C)c2)c(Br)c1. The Hall–Kier alpha value is -1.66. The molecule has 1 atom stereocenters.